The average molecular weight is 508 g/mol. The fourth-order valence-corrected chi connectivity index (χ4v) is 3.07. The molecule has 1 fully saturated rings. The molecule has 2 heterocycles. The van der Waals surface area contributed by atoms with Gasteiger partial charge in [0.1, 0.15) is 22.5 Å². The largest absolute Gasteiger partial charge is 0.365 e. The first-order chi connectivity index (χ1) is 12.6. The van der Waals surface area contributed by atoms with Crippen molar-refractivity contribution < 1.29 is 8.78 Å². The number of para-hydroxylation sites is 1. The first kappa shape index (κ1) is 21.6. The van der Waals surface area contributed by atoms with Gasteiger partial charge in [0, 0.05) is 38.9 Å². The van der Waals surface area contributed by atoms with Gasteiger partial charge in [-0.2, -0.15) is 0 Å². The highest BCUT2D eigenvalue weighted by molar-refractivity contribution is 14.0. The molecule has 0 saturated carbocycles. The molecule has 1 unspecified atom stereocenters. The van der Waals surface area contributed by atoms with Crippen molar-refractivity contribution in [3.8, 4) is 0 Å². The second-order valence-corrected chi connectivity index (χ2v) is 6.45. The molecule has 2 aromatic rings. The minimum absolute atomic E-state index is 0. The lowest BCUT2D eigenvalue weighted by atomic mass is 10.2. The molecule has 0 bridgehead atoms. The smallest absolute Gasteiger partial charge is 0.191 e. The fraction of sp³-hybridized carbons (Fsp3) is 0.333. The number of benzene rings is 1. The molecular weight excluding hydrogens is 487 g/mol. The molecule has 2 N–H and O–H groups in total. The average Bonchev–Trinajstić information content (AvgIpc) is 3.08. The lowest BCUT2D eigenvalue weighted by Gasteiger charge is -2.21. The first-order valence-corrected chi connectivity index (χ1v) is 8.71. The molecule has 0 radical (unpaired) electrons. The molecule has 1 aromatic heterocycles. The molecule has 1 aliphatic heterocycles. The van der Waals surface area contributed by atoms with Crippen LogP contribution < -0.4 is 15.5 Å². The van der Waals surface area contributed by atoms with Crippen molar-refractivity contribution in [3.05, 3.63) is 58.9 Å². The quantitative estimate of drug-likeness (QED) is 0.288. The lowest BCUT2D eigenvalue weighted by Crippen LogP contribution is -2.44. The maximum atomic E-state index is 13.9. The van der Waals surface area contributed by atoms with E-state index in [9.17, 15) is 8.78 Å². The molecular formula is C18H21ClF2IN5. The normalized spacial score (nSPS) is 16.8. The molecule has 5 nitrogen and oxygen atoms in total. The Morgan fingerprint density at radius 1 is 1.30 bits per heavy atom. The Bertz CT molecular complexity index is 768. The van der Waals surface area contributed by atoms with Crippen molar-refractivity contribution in [2.45, 2.75) is 19.0 Å². The molecule has 1 aliphatic rings. The minimum atomic E-state index is -0.539. The van der Waals surface area contributed by atoms with Gasteiger partial charge < -0.3 is 15.5 Å². The summed E-state index contributed by atoms with van der Waals surface area (Å²) in [6.45, 7) is 1.62. The molecule has 0 aliphatic carbocycles. The van der Waals surface area contributed by atoms with Crippen LogP contribution in [0.1, 0.15) is 12.0 Å². The number of nitrogens with zero attached hydrogens (tertiary/aromatic N) is 3. The molecule has 1 aromatic carbocycles. The van der Waals surface area contributed by atoms with Crippen LogP contribution in [0.2, 0.25) is 5.15 Å². The van der Waals surface area contributed by atoms with Crippen LogP contribution in [-0.2, 0) is 6.54 Å². The summed E-state index contributed by atoms with van der Waals surface area (Å²) in [5.41, 5.74) is 1.01. The summed E-state index contributed by atoms with van der Waals surface area (Å²) in [5, 5.41) is 6.94. The monoisotopic (exact) mass is 507 g/mol. The van der Waals surface area contributed by atoms with Gasteiger partial charge in [0.15, 0.2) is 5.96 Å². The van der Waals surface area contributed by atoms with Gasteiger partial charge in [-0.3, -0.25) is 4.99 Å². The van der Waals surface area contributed by atoms with E-state index in [0.29, 0.717) is 30.7 Å². The first-order valence-electron chi connectivity index (χ1n) is 8.33. The number of aromatic nitrogens is 1. The Kier molecular flexibility index (Phi) is 8.03. The number of rotatable bonds is 4. The van der Waals surface area contributed by atoms with Gasteiger partial charge in [-0.1, -0.05) is 23.7 Å². The SMILES string of the molecule is CN=C(NCc1ccc(Cl)nc1)NC1CCN(c2c(F)cccc2F)C1.I. The molecule has 0 amide bonds. The number of guanidine groups is 1. The van der Waals surface area contributed by atoms with Gasteiger partial charge in [-0.25, -0.2) is 13.8 Å². The zero-order valence-corrected chi connectivity index (χ0v) is 17.8. The standard InChI is InChI=1S/C18H20ClF2N5.HI/c1-22-18(24-10-12-5-6-16(19)23-9-12)25-13-7-8-26(11-13)17-14(20)3-2-4-15(17)21;/h2-6,9,13H,7-8,10-11H2,1H3,(H2,22,24,25);1H. The zero-order chi connectivity index (χ0) is 18.5. The zero-order valence-electron chi connectivity index (χ0n) is 14.8. The van der Waals surface area contributed by atoms with E-state index in [4.69, 9.17) is 11.6 Å². The number of anilines is 1. The third-order valence-electron chi connectivity index (χ3n) is 4.26. The minimum Gasteiger partial charge on any atom is -0.365 e. The summed E-state index contributed by atoms with van der Waals surface area (Å²) in [7, 11) is 1.68. The Labute approximate surface area is 179 Å². The Hall–Kier alpha value is -1.68. The molecule has 1 saturated heterocycles. The molecule has 9 heteroatoms. The van der Waals surface area contributed by atoms with E-state index in [1.165, 1.54) is 18.2 Å². The molecule has 27 heavy (non-hydrogen) atoms. The van der Waals surface area contributed by atoms with Gasteiger partial charge in [-0.05, 0) is 30.2 Å². The number of nitrogens with one attached hydrogen (secondary N) is 2. The number of hydrogen-bond acceptors (Lipinski definition) is 3. The van der Waals surface area contributed by atoms with Gasteiger partial charge in [0.2, 0.25) is 0 Å². The van der Waals surface area contributed by atoms with Crippen LogP contribution in [0.3, 0.4) is 0 Å². The maximum absolute atomic E-state index is 13.9. The highest BCUT2D eigenvalue weighted by Gasteiger charge is 2.27. The summed E-state index contributed by atoms with van der Waals surface area (Å²) >= 11 is 5.78. The molecule has 146 valence electrons. The van der Waals surface area contributed by atoms with E-state index in [1.54, 1.807) is 24.2 Å². The topological polar surface area (TPSA) is 52.6 Å². The van der Waals surface area contributed by atoms with Crippen molar-refractivity contribution in [2.24, 2.45) is 4.99 Å². The fourth-order valence-electron chi connectivity index (χ4n) is 2.96. The number of pyridine rings is 1. The van der Waals surface area contributed by atoms with Crippen molar-refractivity contribution >= 4 is 47.2 Å². The summed E-state index contributed by atoms with van der Waals surface area (Å²) in [6, 6.07) is 7.58. The van der Waals surface area contributed by atoms with E-state index in [0.717, 1.165) is 12.0 Å². The number of hydrogen-bond donors (Lipinski definition) is 2. The van der Waals surface area contributed by atoms with E-state index in [1.807, 2.05) is 6.07 Å². The van der Waals surface area contributed by atoms with E-state index >= 15 is 0 Å². The Balaban J connectivity index is 0.00000261. The van der Waals surface area contributed by atoms with Crippen LogP contribution in [0, 0.1) is 11.6 Å². The summed E-state index contributed by atoms with van der Waals surface area (Å²) in [5.74, 6) is -0.451. The van der Waals surface area contributed by atoms with Crippen LogP contribution >= 0.6 is 35.6 Å². The second-order valence-electron chi connectivity index (χ2n) is 6.06. The van der Waals surface area contributed by atoms with E-state index in [-0.39, 0.29) is 35.7 Å². The van der Waals surface area contributed by atoms with Crippen LogP contribution in [0.15, 0.2) is 41.5 Å². The predicted molar refractivity (Wildman–Crippen MR) is 115 cm³/mol. The number of aliphatic imine (C=N–C) groups is 1. The Morgan fingerprint density at radius 2 is 2.04 bits per heavy atom. The highest BCUT2D eigenvalue weighted by atomic mass is 127. The summed E-state index contributed by atoms with van der Waals surface area (Å²) in [4.78, 5) is 9.95. The molecule has 3 rings (SSSR count). The third-order valence-corrected chi connectivity index (χ3v) is 4.48. The summed E-state index contributed by atoms with van der Waals surface area (Å²) in [6.07, 6.45) is 2.46. The summed E-state index contributed by atoms with van der Waals surface area (Å²) < 4.78 is 27.9. The number of halogens is 4. The van der Waals surface area contributed by atoms with Gasteiger partial charge in [-0.15, -0.1) is 24.0 Å². The second kappa shape index (κ2) is 10.0. The van der Waals surface area contributed by atoms with Crippen molar-refractivity contribution in [1.29, 1.82) is 0 Å². The van der Waals surface area contributed by atoms with Gasteiger partial charge in [0.05, 0.1) is 0 Å². The van der Waals surface area contributed by atoms with Crippen LogP contribution in [0.5, 0.6) is 0 Å². The maximum Gasteiger partial charge on any atom is 0.191 e. The highest BCUT2D eigenvalue weighted by Crippen LogP contribution is 2.26. The van der Waals surface area contributed by atoms with Crippen LogP contribution in [0.4, 0.5) is 14.5 Å². The lowest BCUT2D eigenvalue weighted by molar-refractivity contribution is 0.576. The van der Waals surface area contributed by atoms with Crippen LogP contribution in [0.25, 0.3) is 0 Å². The molecule has 0 spiro atoms. The van der Waals surface area contributed by atoms with Crippen molar-refractivity contribution in [3.63, 3.8) is 0 Å². The van der Waals surface area contributed by atoms with E-state index < -0.39 is 11.6 Å². The van der Waals surface area contributed by atoms with Gasteiger partial charge >= 0.3 is 0 Å². The predicted octanol–water partition coefficient (Wildman–Crippen LogP) is 3.58. The third kappa shape index (κ3) is 5.65. The van der Waals surface area contributed by atoms with Crippen LogP contribution in [-0.4, -0.2) is 37.1 Å². The van der Waals surface area contributed by atoms with E-state index in [2.05, 4.69) is 20.6 Å². The Morgan fingerprint density at radius 3 is 2.67 bits per heavy atom. The van der Waals surface area contributed by atoms with Crippen molar-refractivity contribution in [2.75, 3.05) is 25.0 Å². The van der Waals surface area contributed by atoms with Crippen molar-refractivity contribution in [1.82, 2.24) is 15.6 Å². The molecule has 1 atom stereocenters. The van der Waals surface area contributed by atoms with Gasteiger partial charge in [0.25, 0.3) is 0 Å².